The highest BCUT2D eigenvalue weighted by Crippen LogP contribution is 2.33. The Labute approximate surface area is 183 Å². The van der Waals surface area contributed by atoms with Gasteiger partial charge in [-0.25, -0.2) is 4.79 Å². The lowest BCUT2D eigenvalue weighted by atomic mass is 10.0. The predicted octanol–water partition coefficient (Wildman–Crippen LogP) is 2.66. The number of carbonyl (C=O) groups is 2. The highest BCUT2D eigenvalue weighted by Gasteiger charge is 2.42. The van der Waals surface area contributed by atoms with E-state index in [0.717, 1.165) is 56.8 Å². The summed E-state index contributed by atoms with van der Waals surface area (Å²) in [6.07, 6.45) is 7.94. The fourth-order valence-corrected chi connectivity index (χ4v) is 5.33. The van der Waals surface area contributed by atoms with Gasteiger partial charge >= 0.3 is 6.03 Å². The lowest BCUT2D eigenvalue weighted by Gasteiger charge is -2.16. The first-order chi connectivity index (χ1) is 14.2. The zero-order valence-electron chi connectivity index (χ0n) is 17.3. The second-order valence-corrected chi connectivity index (χ2v) is 9.20. The van der Waals surface area contributed by atoms with Gasteiger partial charge in [0.1, 0.15) is 0 Å². The molecule has 2 heterocycles. The molecule has 2 aliphatic heterocycles. The molecule has 2 fully saturated rings. The predicted molar refractivity (Wildman–Crippen MR) is 118 cm³/mol. The zero-order valence-corrected chi connectivity index (χ0v) is 18.8. The molecule has 0 spiro atoms. The van der Waals surface area contributed by atoms with Crippen molar-refractivity contribution in [1.82, 2.24) is 16.0 Å². The number of halogens is 1. The van der Waals surface area contributed by atoms with Crippen LogP contribution in [-0.4, -0.2) is 73.9 Å². The molecule has 2 aliphatic rings. The van der Waals surface area contributed by atoms with Gasteiger partial charge in [-0.15, -0.1) is 11.6 Å². The summed E-state index contributed by atoms with van der Waals surface area (Å²) in [5, 5.41) is 9.31. The van der Waals surface area contributed by atoms with Crippen LogP contribution in [0.1, 0.15) is 51.4 Å². The number of thioether (sulfide) groups is 1. The highest BCUT2D eigenvalue weighted by atomic mass is 35.5. The maximum absolute atomic E-state index is 11.9. The number of hydrogen-bond acceptors (Lipinski definition) is 5. The molecule has 3 amide bonds. The van der Waals surface area contributed by atoms with Crippen LogP contribution in [0.5, 0.6) is 0 Å². The maximum Gasteiger partial charge on any atom is 0.315 e. The second-order valence-electron chi connectivity index (χ2n) is 7.55. The Morgan fingerprint density at radius 3 is 2.66 bits per heavy atom. The summed E-state index contributed by atoms with van der Waals surface area (Å²) in [5.41, 5.74) is 0. The number of urea groups is 1. The first-order valence-electron chi connectivity index (χ1n) is 10.9. The molecule has 0 aromatic heterocycles. The molecule has 0 unspecified atom stereocenters. The molecule has 0 aromatic rings. The van der Waals surface area contributed by atoms with Crippen molar-refractivity contribution in [2.45, 2.75) is 68.7 Å². The van der Waals surface area contributed by atoms with Crippen LogP contribution in [0.2, 0.25) is 0 Å². The number of fused-ring (bicyclic) bond motifs is 1. The van der Waals surface area contributed by atoms with Crippen molar-refractivity contribution >= 4 is 35.3 Å². The molecule has 3 N–H and O–H groups in total. The Kier molecular flexibility index (Phi) is 12.8. The molecule has 29 heavy (non-hydrogen) atoms. The lowest BCUT2D eigenvalue weighted by molar-refractivity contribution is -0.121. The van der Waals surface area contributed by atoms with Gasteiger partial charge in [-0.2, -0.15) is 11.8 Å². The molecule has 168 valence electrons. The monoisotopic (exact) mass is 449 g/mol. The molecule has 0 saturated carbocycles. The van der Waals surface area contributed by atoms with Crippen LogP contribution in [0, 0.1) is 0 Å². The molecular weight excluding hydrogens is 414 g/mol. The standard InChI is InChI=1S/C20H36ClN3O4S/c21-9-5-1-2-6-11-27-13-14-28-12-10-22-18(25)8-4-3-7-17-19-16(15-29-17)23-20(26)24-19/h16-17,19H,1-15H2,(H,22,25)(H2,23,24,26)/t16-,17-,19-/m0/s1. The van der Waals surface area contributed by atoms with Crippen LogP contribution >= 0.6 is 23.4 Å². The number of nitrogens with one attached hydrogen (secondary N) is 3. The van der Waals surface area contributed by atoms with E-state index >= 15 is 0 Å². The summed E-state index contributed by atoms with van der Waals surface area (Å²) < 4.78 is 11.0. The molecule has 9 heteroatoms. The van der Waals surface area contributed by atoms with Crippen LogP contribution in [0.15, 0.2) is 0 Å². The van der Waals surface area contributed by atoms with Crippen molar-refractivity contribution in [3.8, 4) is 0 Å². The summed E-state index contributed by atoms with van der Waals surface area (Å²) in [5.74, 6) is 1.80. The minimum absolute atomic E-state index is 0.0449. The normalized spacial score (nSPS) is 22.9. The molecule has 0 bridgehead atoms. The van der Waals surface area contributed by atoms with Crippen LogP contribution in [0.4, 0.5) is 4.79 Å². The largest absolute Gasteiger partial charge is 0.379 e. The number of alkyl halides is 1. The fourth-order valence-electron chi connectivity index (χ4n) is 3.60. The number of amides is 3. The molecule has 3 atom stereocenters. The van der Waals surface area contributed by atoms with Crippen molar-refractivity contribution in [1.29, 1.82) is 0 Å². The molecule has 0 radical (unpaired) electrons. The van der Waals surface area contributed by atoms with E-state index in [9.17, 15) is 9.59 Å². The average Bonchev–Trinajstić information content (AvgIpc) is 3.25. The van der Waals surface area contributed by atoms with Crippen LogP contribution in [0.3, 0.4) is 0 Å². The van der Waals surface area contributed by atoms with Gasteiger partial charge in [-0.3, -0.25) is 4.79 Å². The first-order valence-corrected chi connectivity index (χ1v) is 12.5. The van der Waals surface area contributed by atoms with E-state index in [1.54, 1.807) is 0 Å². The van der Waals surface area contributed by atoms with Gasteiger partial charge in [-0.05, 0) is 25.7 Å². The van der Waals surface area contributed by atoms with Gasteiger partial charge < -0.3 is 25.4 Å². The lowest BCUT2D eigenvalue weighted by Crippen LogP contribution is -2.36. The number of unbranched alkanes of at least 4 members (excludes halogenated alkanes) is 4. The van der Waals surface area contributed by atoms with E-state index in [4.69, 9.17) is 21.1 Å². The molecule has 2 saturated heterocycles. The minimum atomic E-state index is -0.0449. The van der Waals surface area contributed by atoms with Gasteiger partial charge in [-0.1, -0.05) is 19.3 Å². The van der Waals surface area contributed by atoms with Crippen LogP contribution in [0.25, 0.3) is 0 Å². The smallest absolute Gasteiger partial charge is 0.315 e. The molecule has 7 nitrogen and oxygen atoms in total. The van der Waals surface area contributed by atoms with Crippen molar-refractivity contribution in [2.24, 2.45) is 0 Å². The summed E-state index contributed by atoms with van der Waals surface area (Å²) in [4.78, 5) is 23.2. The van der Waals surface area contributed by atoms with Crippen molar-refractivity contribution in [3.63, 3.8) is 0 Å². The third kappa shape index (κ3) is 10.2. The molecule has 0 aliphatic carbocycles. The summed E-state index contributed by atoms with van der Waals surface area (Å²) in [7, 11) is 0. The van der Waals surface area contributed by atoms with Crippen molar-refractivity contribution in [3.05, 3.63) is 0 Å². The quantitative estimate of drug-likeness (QED) is 0.180. The third-order valence-electron chi connectivity index (χ3n) is 5.19. The SMILES string of the molecule is O=C(CCCC[C@@H]1SC[C@@H]2NC(=O)N[C@@H]21)NCCOCCOCCCCCCCl. The Balaban J connectivity index is 1.33. The number of hydrogen-bond donors (Lipinski definition) is 3. The average molecular weight is 450 g/mol. The Morgan fingerprint density at radius 2 is 1.83 bits per heavy atom. The van der Waals surface area contributed by atoms with Crippen molar-refractivity contribution in [2.75, 3.05) is 44.6 Å². The van der Waals surface area contributed by atoms with Gasteiger partial charge in [0.2, 0.25) is 5.91 Å². The number of rotatable bonds is 17. The first kappa shape index (κ1) is 24.6. The minimum Gasteiger partial charge on any atom is -0.379 e. The summed E-state index contributed by atoms with van der Waals surface area (Å²) in [6.45, 7) is 2.98. The summed E-state index contributed by atoms with van der Waals surface area (Å²) in [6, 6.07) is 0.474. The Hall–Kier alpha value is -0.700. The van der Waals surface area contributed by atoms with E-state index in [0.29, 0.717) is 38.0 Å². The number of carbonyl (C=O) groups excluding carboxylic acids is 2. The van der Waals surface area contributed by atoms with Crippen molar-refractivity contribution < 1.29 is 19.1 Å². The zero-order chi connectivity index (χ0) is 20.7. The topological polar surface area (TPSA) is 88.7 Å². The van der Waals surface area contributed by atoms with Gasteiger partial charge in [0.05, 0.1) is 31.9 Å². The van der Waals surface area contributed by atoms with E-state index < -0.39 is 0 Å². The van der Waals surface area contributed by atoms with E-state index in [-0.39, 0.29) is 24.0 Å². The molecular formula is C20H36ClN3O4S. The maximum atomic E-state index is 11.9. The molecule has 2 rings (SSSR count). The van der Waals surface area contributed by atoms with Gasteiger partial charge in [0.25, 0.3) is 0 Å². The van der Waals surface area contributed by atoms with E-state index in [1.807, 2.05) is 11.8 Å². The van der Waals surface area contributed by atoms with Gasteiger partial charge in [0, 0.05) is 36.5 Å². The number of ether oxygens (including phenoxy) is 2. The van der Waals surface area contributed by atoms with E-state index in [2.05, 4.69) is 16.0 Å². The fraction of sp³-hybridized carbons (Fsp3) is 0.900. The summed E-state index contributed by atoms with van der Waals surface area (Å²) >= 11 is 7.55. The second kappa shape index (κ2) is 15.2. The van der Waals surface area contributed by atoms with E-state index in [1.165, 1.54) is 6.42 Å². The third-order valence-corrected chi connectivity index (χ3v) is 6.97. The van der Waals surface area contributed by atoms with Gasteiger partial charge in [0.15, 0.2) is 0 Å². The highest BCUT2D eigenvalue weighted by molar-refractivity contribution is 8.00. The van der Waals surface area contributed by atoms with Crippen LogP contribution in [-0.2, 0) is 14.3 Å². The Morgan fingerprint density at radius 1 is 1.03 bits per heavy atom. The molecule has 0 aromatic carbocycles. The van der Waals surface area contributed by atoms with Crippen LogP contribution < -0.4 is 16.0 Å². The Bertz CT molecular complexity index is 487.